The Kier molecular flexibility index (Phi) is 2.50. The molecule has 0 radical (unpaired) electrons. The van der Waals surface area contributed by atoms with Gasteiger partial charge in [0.1, 0.15) is 0 Å². The molecule has 1 aliphatic carbocycles. The van der Waals surface area contributed by atoms with E-state index >= 15 is 0 Å². The van der Waals surface area contributed by atoms with Gasteiger partial charge in [-0.2, -0.15) is 11.3 Å². The van der Waals surface area contributed by atoms with Gasteiger partial charge in [-0.05, 0) is 24.3 Å². The minimum absolute atomic E-state index is 0.641. The van der Waals surface area contributed by atoms with Gasteiger partial charge in [-0.1, -0.05) is 0 Å². The van der Waals surface area contributed by atoms with E-state index in [0.29, 0.717) is 5.89 Å². The SMILES string of the molecule is c1cc(-c2nnc(CSC3CC3)o2)cs1. The largest absolute Gasteiger partial charge is 0.420 e. The summed E-state index contributed by atoms with van der Waals surface area (Å²) in [4.78, 5) is 0. The topological polar surface area (TPSA) is 38.9 Å². The summed E-state index contributed by atoms with van der Waals surface area (Å²) in [7, 11) is 0. The van der Waals surface area contributed by atoms with Gasteiger partial charge in [-0.25, -0.2) is 0 Å². The van der Waals surface area contributed by atoms with Gasteiger partial charge in [0.15, 0.2) is 0 Å². The first-order valence-electron chi connectivity index (χ1n) is 4.88. The Hall–Kier alpha value is -0.810. The highest BCUT2D eigenvalue weighted by Gasteiger charge is 2.22. The molecule has 2 aromatic rings. The summed E-state index contributed by atoms with van der Waals surface area (Å²) in [5.74, 6) is 2.23. The lowest BCUT2D eigenvalue weighted by Gasteiger charge is -1.91. The molecule has 3 rings (SSSR count). The molecule has 0 spiro atoms. The molecular formula is C10H10N2OS2. The number of hydrogen-bond donors (Lipinski definition) is 0. The first-order chi connectivity index (χ1) is 7.42. The van der Waals surface area contributed by atoms with E-state index < -0.39 is 0 Å². The molecule has 0 bridgehead atoms. The lowest BCUT2D eigenvalue weighted by Crippen LogP contribution is -1.81. The Balaban J connectivity index is 1.69. The summed E-state index contributed by atoms with van der Waals surface area (Å²) in [6.07, 6.45) is 2.69. The number of nitrogens with zero attached hydrogens (tertiary/aromatic N) is 2. The van der Waals surface area contributed by atoms with Crippen LogP contribution in [-0.2, 0) is 5.75 Å². The molecular weight excluding hydrogens is 228 g/mol. The van der Waals surface area contributed by atoms with E-state index in [2.05, 4.69) is 10.2 Å². The van der Waals surface area contributed by atoms with Crippen LogP contribution in [0.25, 0.3) is 11.5 Å². The molecule has 5 heteroatoms. The van der Waals surface area contributed by atoms with Crippen molar-refractivity contribution < 1.29 is 4.42 Å². The third kappa shape index (κ3) is 2.23. The number of aromatic nitrogens is 2. The van der Waals surface area contributed by atoms with Crippen molar-refractivity contribution >= 4 is 23.1 Å². The van der Waals surface area contributed by atoms with Gasteiger partial charge in [0.25, 0.3) is 0 Å². The Morgan fingerprint density at radius 3 is 3.13 bits per heavy atom. The highest BCUT2D eigenvalue weighted by molar-refractivity contribution is 7.99. The predicted molar refractivity (Wildman–Crippen MR) is 61.9 cm³/mol. The zero-order valence-electron chi connectivity index (χ0n) is 8.05. The minimum atomic E-state index is 0.641. The van der Waals surface area contributed by atoms with Crippen molar-refractivity contribution in [3.8, 4) is 11.5 Å². The fraction of sp³-hybridized carbons (Fsp3) is 0.400. The van der Waals surface area contributed by atoms with E-state index in [4.69, 9.17) is 4.42 Å². The fourth-order valence-electron chi connectivity index (χ4n) is 1.24. The zero-order valence-corrected chi connectivity index (χ0v) is 9.68. The van der Waals surface area contributed by atoms with Crippen LogP contribution in [-0.4, -0.2) is 15.4 Å². The molecule has 0 aromatic carbocycles. The summed E-state index contributed by atoms with van der Waals surface area (Å²) >= 11 is 3.55. The van der Waals surface area contributed by atoms with E-state index in [-0.39, 0.29) is 0 Å². The highest BCUT2D eigenvalue weighted by atomic mass is 32.2. The summed E-state index contributed by atoms with van der Waals surface area (Å²) < 4.78 is 5.57. The lowest BCUT2D eigenvalue weighted by atomic mass is 10.3. The molecule has 15 heavy (non-hydrogen) atoms. The summed E-state index contributed by atoms with van der Waals surface area (Å²) in [6.45, 7) is 0. The first-order valence-corrected chi connectivity index (χ1v) is 6.87. The Bertz CT molecular complexity index is 434. The maximum absolute atomic E-state index is 5.57. The van der Waals surface area contributed by atoms with Crippen LogP contribution in [0, 0.1) is 0 Å². The van der Waals surface area contributed by atoms with E-state index in [0.717, 1.165) is 22.5 Å². The monoisotopic (exact) mass is 238 g/mol. The lowest BCUT2D eigenvalue weighted by molar-refractivity contribution is 0.528. The van der Waals surface area contributed by atoms with Gasteiger partial charge in [0.2, 0.25) is 11.8 Å². The molecule has 0 aliphatic heterocycles. The van der Waals surface area contributed by atoms with E-state index in [1.165, 1.54) is 12.8 Å². The van der Waals surface area contributed by atoms with Gasteiger partial charge >= 0.3 is 0 Å². The average Bonchev–Trinajstić information content (AvgIpc) is 2.78. The van der Waals surface area contributed by atoms with Crippen LogP contribution >= 0.6 is 23.1 Å². The second kappa shape index (κ2) is 3.98. The molecule has 0 N–H and O–H groups in total. The van der Waals surface area contributed by atoms with Crippen molar-refractivity contribution in [3.05, 3.63) is 22.7 Å². The minimum Gasteiger partial charge on any atom is -0.420 e. The van der Waals surface area contributed by atoms with Crippen LogP contribution in [0.1, 0.15) is 18.7 Å². The van der Waals surface area contributed by atoms with Crippen molar-refractivity contribution in [1.82, 2.24) is 10.2 Å². The second-order valence-electron chi connectivity index (χ2n) is 3.52. The number of hydrogen-bond acceptors (Lipinski definition) is 5. The summed E-state index contributed by atoms with van der Waals surface area (Å²) in [5.41, 5.74) is 1.02. The molecule has 78 valence electrons. The van der Waals surface area contributed by atoms with Crippen molar-refractivity contribution in [2.75, 3.05) is 0 Å². The predicted octanol–water partition coefficient (Wildman–Crippen LogP) is 3.19. The van der Waals surface area contributed by atoms with Crippen LogP contribution in [0.2, 0.25) is 0 Å². The molecule has 1 saturated carbocycles. The maximum atomic E-state index is 5.57. The summed E-state index contributed by atoms with van der Waals surface area (Å²) in [6, 6.07) is 2.00. The van der Waals surface area contributed by atoms with Crippen molar-refractivity contribution in [2.24, 2.45) is 0 Å². The Morgan fingerprint density at radius 2 is 2.40 bits per heavy atom. The van der Waals surface area contributed by atoms with Crippen LogP contribution < -0.4 is 0 Å². The van der Waals surface area contributed by atoms with Crippen molar-refractivity contribution in [3.63, 3.8) is 0 Å². The maximum Gasteiger partial charge on any atom is 0.248 e. The summed E-state index contributed by atoms with van der Waals surface area (Å²) in [5, 5.41) is 12.9. The molecule has 1 fully saturated rings. The third-order valence-electron chi connectivity index (χ3n) is 2.20. The third-order valence-corrected chi connectivity index (χ3v) is 4.24. The first kappa shape index (κ1) is 9.42. The van der Waals surface area contributed by atoms with E-state index in [1.807, 2.05) is 28.6 Å². The molecule has 1 aliphatic rings. The van der Waals surface area contributed by atoms with Gasteiger partial charge < -0.3 is 4.42 Å². The number of thioether (sulfide) groups is 1. The van der Waals surface area contributed by atoms with Crippen LogP contribution in [0.4, 0.5) is 0 Å². The van der Waals surface area contributed by atoms with Crippen LogP contribution in [0.15, 0.2) is 21.2 Å². The Morgan fingerprint density at radius 1 is 1.47 bits per heavy atom. The van der Waals surface area contributed by atoms with Gasteiger partial charge in [0, 0.05) is 16.2 Å². The highest BCUT2D eigenvalue weighted by Crippen LogP contribution is 2.36. The molecule has 2 aromatic heterocycles. The quantitative estimate of drug-likeness (QED) is 0.820. The average molecular weight is 238 g/mol. The van der Waals surface area contributed by atoms with Crippen LogP contribution in [0.3, 0.4) is 0 Å². The van der Waals surface area contributed by atoms with Gasteiger partial charge in [-0.15, -0.1) is 22.0 Å². The second-order valence-corrected chi connectivity index (χ2v) is 5.59. The standard InChI is InChI=1S/C10H10N2OS2/c1-2-8(1)15-6-9-11-12-10(13-9)7-3-4-14-5-7/h3-5,8H,1-2,6H2. The van der Waals surface area contributed by atoms with Crippen molar-refractivity contribution in [2.45, 2.75) is 23.8 Å². The smallest absolute Gasteiger partial charge is 0.248 e. The molecule has 2 heterocycles. The fourth-order valence-corrected chi connectivity index (χ4v) is 2.83. The number of rotatable bonds is 4. The zero-order chi connectivity index (χ0) is 10.1. The van der Waals surface area contributed by atoms with Gasteiger partial charge in [0.05, 0.1) is 5.75 Å². The molecule has 0 unspecified atom stereocenters. The van der Waals surface area contributed by atoms with E-state index in [9.17, 15) is 0 Å². The van der Waals surface area contributed by atoms with Crippen LogP contribution in [0.5, 0.6) is 0 Å². The Labute approximate surface area is 95.9 Å². The van der Waals surface area contributed by atoms with Crippen molar-refractivity contribution in [1.29, 1.82) is 0 Å². The number of thiophene rings is 1. The molecule has 0 amide bonds. The molecule has 0 atom stereocenters. The van der Waals surface area contributed by atoms with E-state index in [1.54, 1.807) is 11.3 Å². The normalized spacial score (nSPS) is 15.7. The molecule has 0 saturated heterocycles. The molecule has 3 nitrogen and oxygen atoms in total. The van der Waals surface area contributed by atoms with Gasteiger partial charge in [-0.3, -0.25) is 0 Å².